The second-order valence-corrected chi connectivity index (χ2v) is 4.84. The van der Waals surface area contributed by atoms with Crippen molar-refractivity contribution >= 4 is 11.9 Å². The van der Waals surface area contributed by atoms with Crippen LogP contribution in [-0.4, -0.2) is 36.6 Å². The number of carbonyl (C=O) groups excluding carboxylic acids is 1. The van der Waals surface area contributed by atoms with Gasteiger partial charge in [-0.25, -0.2) is 4.79 Å². The fraction of sp³-hybridized carbons (Fsp3) is 0.333. The highest BCUT2D eigenvalue weighted by molar-refractivity contribution is 5.94. The van der Waals surface area contributed by atoms with E-state index in [2.05, 4.69) is 10.6 Å². The van der Waals surface area contributed by atoms with Gasteiger partial charge in [0, 0.05) is 25.2 Å². The Kier molecular flexibility index (Phi) is 4.53. The molecule has 0 saturated carbocycles. The highest BCUT2D eigenvalue weighted by Gasteiger charge is 2.15. The molecule has 1 aromatic rings. The van der Waals surface area contributed by atoms with Crippen LogP contribution >= 0.6 is 0 Å². The first kappa shape index (κ1) is 14.3. The van der Waals surface area contributed by atoms with Crippen molar-refractivity contribution in [3.05, 3.63) is 46.5 Å². The summed E-state index contributed by atoms with van der Waals surface area (Å²) in [6.07, 6.45) is 0.687. The molecule has 3 N–H and O–H groups in total. The van der Waals surface area contributed by atoms with Crippen molar-refractivity contribution in [2.24, 2.45) is 0 Å². The molecule has 2 rings (SSSR count). The first-order valence-electron chi connectivity index (χ1n) is 6.57. The maximum Gasteiger partial charge on any atom is 0.335 e. The average Bonchev–Trinajstić information content (AvgIpc) is 2.37. The molecule has 1 heterocycles. The van der Waals surface area contributed by atoms with Gasteiger partial charge in [-0.2, -0.15) is 0 Å². The molecule has 0 unspecified atom stereocenters. The Morgan fingerprint density at radius 1 is 1.25 bits per heavy atom. The molecule has 0 atom stereocenters. The second kappa shape index (κ2) is 6.34. The van der Waals surface area contributed by atoms with Crippen LogP contribution in [0.2, 0.25) is 0 Å². The number of rotatable bonds is 5. The summed E-state index contributed by atoms with van der Waals surface area (Å²) < 4.78 is 0. The van der Waals surface area contributed by atoms with E-state index in [0.717, 1.165) is 29.8 Å². The fourth-order valence-electron chi connectivity index (χ4n) is 1.94. The predicted octanol–water partition coefficient (Wildman–Crippen LogP) is 0.963. The molecular weight excluding hydrogens is 256 g/mol. The molecule has 1 aliphatic rings. The summed E-state index contributed by atoms with van der Waals surface area (Å²) in [5, 5.41) is 14.8. The summed E-state index contributed by atoms with van der Waals surface area (Å²) in [6, 6.07) is 6.70. The van der Waals surface area contributed by atoms with E-state index in [1.165, 1.54) is 0 Å². The van der Waals surface area contributed by atoms with Crippen LogP contribution in [0.15, 0.2) is 35.4 Å². The highest BCUT2D eigenvalue weighted by Crippen LogP contribution is 2.09. The number of carboxylic acids is 1. The Morgan fingerprint density at radius 3 is 2.40 bits per heavy atom. The minimum absolute atomic E-state index is 0.0244. The summed E-state index contributed by atoms with van der Waals surface area (Å²) in [4.78, 5) is 22.6. The maximum atomic E-state index is 11.8. The van der Waals surface area contributed by atoms with Gasteiger partial charge in [-0.1, -0.05) is 12.1 Å². The van der Waals surface area contributed by atoms with E-state index >= 15 is 0 Å². The largest absolute Gasteiger partial charge is 0.478 e. The number of amides is 1. The minimum Gasteiger partial charge on any atom is -0.478 e. The zero-order valence-corrected chi connectivity index (χ0v) is 11.4. The maximum absolute atomic E-state index is 11.8. The van der Waals surface area contributed by atoms with Crippen LogP contribution in [0.25, 0.3) is 0 Å². The van der Waals surface area contributed by atoms with Gasteiger partial charge in [0.2, 0.25) is 5.91 Å². The van der Waals surface area contributed by atoms with Gasteiger partial charge in [-0.15, -0.1) is 0 Å². The molecule has 20 heavy (non-hydrogen) atoms. The lowest BCUT2D eigenvalue weighted by Gasteiger charge is -2.21. The molecular formula is C15H18N2O3. The molecule has 0 aromatic heterocycles. The normalized spacial score (nSPS) is 13.6. The van der Waals surface area contributed by atoms with Gasteiger partial charge in [0.15, 0.2) is 0 Å². The van der Waals surface area contributed by atoms with Crippen molar-refractivity contribution in [2.45, 2.75) is 13.3 Å². The van der Waals surface area contributed by atoms with Crippen LogP contribution in [0.1, 0.15) is 22.8 Å². The number of carbonyl (C=O) groups is 2. The van der Waals surface area contributed by atoms with Gasteiger partial charge in [-0.3, -0.25) is 4.79 Å². The Bertz CT molecular complexity index is 541. The van der Waals surface area contributed by atoms with Gasteiger partial charge in [-0.05, 0) is 36.6 Å². The van der Waals surface area contributed by atoms with Gasteiger partial charge in [0.1, 0.15) is 0 Å². The fourth-order valence-corrected chi connectivity index (χ4v) is 1.94. The van der Waals surface area contributed by atoms with Crippen LogP contribution < -0.4 is 10.6 Å². The first-order valence-corrected chi connectivity index (χ1v) is 6.57. The zero-order chi connectivity index (χ0) is 14.5. The Morgan fingerprint density at radius 2 is 1.90 bits per heavy atom. The van der Waals surface area contributed by atoms with Crippen LogP contribution in [0.5, 0.6) is 0 Å². The molecule has 5 nitrogen and oxygen atoms in total. The number of benzene rings is 1. The third-order valence-corrected chi connectivity index (χ3v) is 3.45. The van der Waals surface area contributed by atoms with Gasteiger partial charge in [0.05, 0.1) is 5.56 Å². The first-order chi connectivity index (χ1) is 9.58. The van der Waals surface area contributed by atoms with Crippen molar-refractivity contribution in [2.75, 3.05) is 19.6 Å². The average molecular weight is 274 g/mol. The summed E-state index contributed by atoms with van der Waals surface area (Å²) in [5.41, 5.74) is 3.24. The lowest BCUT2D eigenvalue weighted by atomic mass is 10.0. The number of hydrogen-bond donors (Lipinski definition) is 3. The molecule has 1 fully saturated rings. The van der Waals surface area contributed by atoms with E-state index in [9.17, 15) is 9.59 Å². The SMILES string of the molecule is CC(C(=O)NCCc1ccc(C(=O)O)cc1)=C1CNC1. The van der Waals surface area contributed by atoms with Crippen LogP contribution in [0.4, 0.5) is 0 Å². The molecule has 5 heteroatoms. The van der Waals surface area contributed by atoms with Crippen LogP contribution in [0.3, 0.4) is 0 Å². The van der Waals surface area contributed by atoms with Crippen molar-refractivity contribution in [3.63, 3.8) is 0 Å². The topological polar surface area (TPSA) is 78.4 Å². The van der Waals surface area contributed by atoms with Crippen molar-refractivity contribution < 1.29 is 14.7 Å². The van der Waals surface area contributed by atoms with E-state index in [1.807, 2.05) is 6.92 Å². The number of nitrogens with one attached hydrogen (secondary N) is 2. The van der Waals surface area contributed by atoms with E-state index in [-0.39, 0.29) is 11.5 Å². The lowest BCUT2D eigenvalue weighted by Crippen LogP contribution is -2.38. The number of hydrogen-bond acceptors (Lipinski definition) is 3. The van der Waals surface area contributed by atoms with E-state index < -0.39 is 5.97 Å². The molecule has 0 bridgehead atoms. The van der Waals surface area contributed by atoms with Crippen molar-refractivity contribution in [1.29, 1.82) is 0 Å². The van der Waals surface area contributed by atoms with Gasteiger partial charge >= 0.3 is 5.97 Å². The molecule has 0 radical (unpaired) electrons. The molecule has 1 aliphatic heterocycles. The van der Waals surface area contributed by atoms with Crippen LogP contribution in [0, 0.1) is 0 Å². The second-order valence-electron chi connectivity index (χ2n) is 4.84. The van der Waals surface area contributed by atoms with Crippen LogP contribution in [-0.2, 0) is 11.2 Å². The highest BCUT2D eigenvalue weighted by atomic mass is 16.4. The zero-order valence-electron chi connectivity index (χ0n) is 11.4. The predicted molar refractivity (Wildman–Crippen MR) is 75.7 cm³/mol. The van der Waals surface area contributed by atoms with E-state index in [0.29, 0.717) is 13.0 Å². The smallest absolute Gasteiger partial charge is 0.335 e. The summed E-state index contributed by atoms with van der Waals surface area (Å²) in [7, 11) is 0. The monoisotopic (exact) mass is 274 g/mol. The molecule has 1 saturated heterocycles. The Labute approximate surface area is 117 Å². The van der Waals surface area contributed by atoms with Crippen molar-refractivity contribution in [3.8, 4) is 0 Å². The summed E-state index contributed by atoms with van der Waals surface area (Å²) in [6.45, 7) is 3.99. The molecule has 1 aromatic carbocycles. The third kappa shape index (κ3) is 3.45. The lowest BCUT2D eigenvalue weighted by molar-refractivity contribution is -0.117. The Hall–Kier alpha value is -2.14. The molecule has 0 spiro atoms. The third-order valence-electron chi connectivity index (χ3n) is 3.45. The molecule has 0 aliphatic carbocycles. The standard InChI is InChI=1S/C15H18N2O3/c1-10(13-8-16-9-13)14(18)17-7-6-11-2-4-12(5-3-11)15(19)20/h2-5,16H,6-9H2,1H3,(H,17,18)(H,19,20). The van der Waals surface area contributed by atoms with E-state index in [1.54, 1.807) is 24.3 Å². The number of carboxylic acid groups (broad SMARTS) is 1. The van der Waals surface area contributed by atoms with Crippen molar-refractivity contribution in [1.82, 2.24) is 10.6 Å². The number of aromatic carboxylic acids is 1. The minimum atomic E-state index is -0.929. The molecule has 106 valence electrons. The molecule has 1 amide bonds. The quantitative estimate of drug-likeness (QED) is 0.699. The van der Waals surface area contributed by atoms with Gasteiger partial charge in [0.25, 0.3) is 0 Å². The van der Waals surface area contributed by atoms with E-state index in [4.69, 9.17) is 5.11 Å². The summed E-state index contributed by atoms with van der Waals surface area (Å²) in [5.74, 6) is -0.954. The Balaban J connectivity index is 1.81. The van der Waals surface area contributed by atoms with Gasteiger partial charge < -0.3 is 15.7 Å². The summed E-state index contributed by atoms with van der Waals surface area (Å²) >= 11 is 0.